The van der Waals surface area contributed by atoms with Gasteiger partial charge < -0.3 is 14.8 Å². The second kappa shape index (κ2) is 6.29. The number of ether oxygens (including phenoxy) is 2. The number of benzene rings is 1. The minimum absolute atomic E-state index is 0.227. The third-order valence-electron chi connectivity index (χ3n) is 4.08. The number of rotatable bonds is 3. The Balaban J connectivity index is 1.54. The van der Waals surface area contributed by atoms with Crippen LogP contribution in [0.3, 0.4) is 0 Å². The maximum Gasteiger partial charge on any atom is 0.161 e. The predicted octanol–water partition coefficient (Wildman–Crippen LogP) is 3.14. The highest BCUT2D eigenvalue weighted by atomic mass is 16.5. The Morgan fingerprint density at radius 1 is 1.00 bits per heavy atom. The fourth-order valence-corrected chi connectivity index (χ4v) is 2.95. The van der Waals surface area contributed by atoms with Crippen LogP contribution in [0.2, 0.25) is 0 Å². The van der Waals surface area contributed by atoms with E-state index < -0.39 is 0 Å². The van der Waals surface area contributed by atoms with E-state index in [1.54, 1.807) is 0 Å². The molecule has 1 aromatic rings. The Morgan fingerprint density at radius 3 is 2.63 bits per heavy atom. The zero-order valence-electron chi connectivity index (χ0n) is 11.4. The van der Waals surface area contributed by atoms with Crippen molar-refractivity contribution in [2.45, 2.75) is 50.7 Å². The maximum absolute atomic E-state index is 6.06. The number of nitrogens with one attached hydrogen (secondary N) is 1. The van der Waals surface area contributed by atoms with Gasteiger partial charge in [-0.25, -0.2) is 0 Å². The molecule has 1 aliphatic heterocycles. The summed E-state index contributed by atoms with van der Waals surface area (Å²) in [7, 11) is 0. The Bertz CT molecular complexity index is 401. The molecule has 19 heavy (non-hydrogen) atoms. The van der Waals surface area contributed by atoms with Gasteiger partial charge >= 0.3 is 0 Å². The third kappa shape index (κ3) is 3.41. The summed E-state index contributed by atoms with van der Waals surface area (Å²) in [5, 5.41) is 3.67. The highest BCUT2D eigenvalue weighted by molar-refractivity contribution is 5.40. The SMILES string of the molecule is c1ccc2c(c1)OCCC(CNC1CCCCC1)O2. The molecule has 1 unspecified atom stereocenters. The molecule has 3 nitrogen and oxygen atoms in total. The molecule has 3 heteroatoms. The van der Waals surface area contributed by atoms with Crippen molar-refractivity contribution in [1.29, 1.82) is 0 Å². The first kappa shape index (κ1) is 12.8. The molecule has 0 amide bonds. The smallest absolute Gasteiger partial charge is 0.161 e. The van der Waals surface area contributed by atoms with E-state index >= 15 is 0 Å². The van der Waals surface area contributed by atoms with Crippen LogP contribution in [0.25, 0.3) is 0 Å². The van der Waals surface area contributed by atoms with E-state index in [4.69, 9.17) is 9.47 Å². The Morgan fingerprint density at radius 2 is 1.79 bits per heavy atom. The van der Waals surface area contributed by atoms with Crippen LogP contribution in [0, 0.1) is 0 Å². The quantitative estimate of drug-likeness (QED) is 0.906. The van der Waals surface area contributed by atoms with Gasteiger partial charge in [0, 0.05) is 19.0 Å². The zero-order valence-corrected chi connectivity index (χ0v) is 11.4. The Labute approximate surface area is 115 Å². The van der Waals surface area contributed by atoms with Gasteiger partial charge in [-0.15, -0.1) is 0 Å². The molecule has 0 bridgehead atoms. The summed E-state index contributed by atoms with van der Waals surface area (Å²) < 4.78 is 11.8. The van der Waals surface area contributed by atoms with Crippen LogP contribution in [-0.2, 0) is 0 Å². The van der Waals surface area contributed by atoms with Crippen LogP contribution in [0.5, 0.6) is 11.5 Å². The number of hydrogen-bond acceptors (Lipinski definition) is 3. The van der Waals surface area contributed by atoms with E-state index in [9.17, 15) is 0 Å². The highest BCUT2D eigenvalue weighted by Crippen LogP contribution is 2.30. The van der Waals surface area contributed by atoms with Crippen LogP contribution < -0.4 is 14.8 Å². The highest BCUT2D eigenvalue weighted by Gasteiger charge is 2.20. The van der Waals surface area contributed by atoms with E-state index in [1.165, 1.54) is 32.1 Å². The molecule has 3 rings (SSSR count). The second-order valence-corrected chi connectivity index (χ2v) is 5.57. The van der Waals surface area contributed by atoms with Gasteiger partial charge in [-0.2, -0.15) is 0 Å². The van der Waals surface area contributed by atoms with Crippen molar-refractivity contribution in [1.82, 2.24) is 5.32 Å². The number of para-hydroxylation sites is 2. The molecule has 104 valence electrons. The van der Waals surface area contributed by atoms with Crippen molar-refractivity contribution in [2.75, 3.05) is 13.2 Å². The van der Waals surface area contributed by atoms with Gasteiger partial charge in [0.1, 0.15) is 6.10 Å². The molecule has 1 atom stereocenters. The van der Waals surface area contributed by atoms with Crippen LogP contribution in [-0.4, -0.2) is 25.3 Å². The zero-order chi connectivity index (χ0) is 12.9. The van der Waals surface area contributed by atoms with E-state index in [0.29, 0.717) is 6.04 Å². The van der Waals surface area contributed by atoms with Crippen molar-refractivity contribution in [2.24, 2.45) is 0 Å². The van der Waals surface area contributed by atoms with Gasteiger partial charge in [-0.1, -0.05) is 31.4 Å². The van der Waals surface area contributed by atoms with E-state index in [-0.39, 0.29) is 6.10 Å². The average Bonchev–Trinajstić information content (AvgIpc) is 2.68. The van der Waals surface area contributed by atoms with E-state index in [0.717, 1.165) is 31.1 Å². The molecule has 0 saturated heterocycles. The van der Waals surface area contributed by atoms with E-state index in [1.807, 2.05) is 24.3 Å². The fraction of sp³-hybridized carbons (Fsp3) is 0.625. The lowest BCUT2D eigenvalue weighted by atomic mass is 9.95. The largest absolute Gasteiger partial charge is 0.490 e. The topological polar surface area (TPSA) is 30.5 Å². The van der Waals surface area contributed by atoms with Crippen molar-refractivity contribution in [3.05, 3.63) is 24.3 Å². The molecule has 1 saturated carbocycles. The second-order valence-electron chi connectivity index (χ2n) is 5.57. The number of hydrogen-bond donors (Lipinski definition) is 1. The summed E-state index contributed by atoms with van der Waals surface area (Å²) in [4.78, 5) is 0. The maximum atomic E-state index is 6.06. The van der Waals surface area contributed by atoms with Crippen LogP contribution in [0.1, 0.15) is 38.5 Å². The minimum Gasteiger partial charge on any atom is -0.490 e. The fourth-order valence-electron chi connectivity index (χ4n) is 2.95. The van der Waals surface area contributed by atoms with Gasteiger partial charge in [0.2, 0.25) is 0 Å². The Kier molecular flexibility index (Phi) is 4.23. The van der Waals surface area contributed by atoms with Crippen LogP contribution in [0.15, 0.2) is 24.3 Å². The van der Waals surface area contributed by atoms with Crippen LogP contribution >= 0.6 is 0 Å². The molecule has 0 spiro atoms. The summed E-state index contributed by atoms with van der Waals surface area (Å²) in [6.07, 6.45) is 7.96. The first-order valence-electron chi connectivity index (χ1n) is 7.54. The third-order valence-corrected chi connectivity index (χ3v) is 4.08. The van der Waals surface area contributed by atoms with Gasteiger partial charge in [0.15, 0.2) is 11.5 Å². The first-order valence-corrected chi connectivity index (χ1v) is 7.54. The molecular formula is C16H23NO2. The Hall–Kier alpha value is -1.22. The van der Waals surface area contributed by atoms with Crippen molar-refractivity contribution in [3.8, 4) is 11.5 Å². The van der Waals surface area contributed by atoms with Crippen molar-refractivity contribution in [3.63, 3.8) is 0 Å². The molecule has 1 N–H and O–H groups in total. The van der Waals surface area contributed by atoms with Gasteiger partial charge in [-0.05, 0) is 25.0 Å². The summed E-state index contributed by atoms with van der Waals surface area (Å²) in [6, 6.07) is 8.65. The van der Waals surface area contributed by atoms with Crippen LogP contribution in [0.4, 0.5) is 0 Å². The molecule has 2 aliphatic rings. The molecule has 1 aromatic carbocycles. The summed E-state index contributed by atoms with van der Waals surface area (Å²) in [5.41, 5.74) is 0. The molecule has 1 heterocycles. The molecule has 0 radical (unpaired) electrons. The predicted molar refractivity (Wildman–Crippen MR) is 75.8 cm³/mol. The lowest BCUT2D eigenvalue weighted by Crippen LogP contribution is -2.39. The number of fused-ring (bicyclic) bond motifs is 1. The first-order chi connectivity index (χ1) is 9.42. The molecule has 1 aliphatic carbocycles. The van der Waals surface area contributed by atoms with Crippen molar-refractivity contribution < 1.29 is 9.47 Å². The standard InChI is InChI=1S/C16H23NO2/c1-2-6-13(7-3-1)17-12-14-10-11-18-15-8-4-5-9-16(15)19-14/h4-5,8-9,13-14,17H,1-3,6-7,10-12H2. The summed E-state index contributed by atoms with van der Waals surface area (Å²) in [6.45, 7) is 1.68. The monoisotopic (exact) mass is 261 g/mol. The van der Waals surface area contributed by atoms with Crippen molar-refractivity contribution >= 4 is 0 Å². The summed E-state index contributed by atoms with van der Waals surface area (Å²) >= 11 is 0. The molecule has 0 aromatic heterocycles. The normalized spacial score (nSPS) is 23.9. The molecule has 1 fully saturated rings. The lowest BCUT2D eigenvalue weighted by molar-refractivity contribution is 0.178. The summed E-state index contributed by atoms with van der Waals surface area (Å²) in [5.74, 6) is 1.76. The lowest BCUT2D eigenvalue weighted by Gasteiger charge is -2.25. The van der Waals surface area contributed by atoms with Gasteiger partial charge in [-0.3, -0.25) is 0 Å². The van der Waals surface area contributed by atoms with Gasteiger partial charge in [0.25, 0.3) is 0 Å². The average molecular weight is 261 g/mol. The van der Waals surface area contributed by atoms with Gasteiger partial charge in [0.05, 0.1) is 6.61 Å². The minimum atomic E-state index is 0.227. The van der Waals surface area contributed by atoms with E-state index in [2.05, 4.69) is 5.32 Å². The molecular weight excluding hydrogens is 238 g/mol.